The number of urea groups is 1. The number of carbonyl (C=O) groups excluding carboxylic acids is 1. The first-order chi connectivity index (χ1) is 17.4. The summed E-state index contributed by atoms with van der Waals surface area (Å²) in [5, 5.41) is 3.08. The fourth-order valence-electron chi connectivity index (χ4n) is 5.64. The number of amides is 2. The highest BCUT2D eigenvalue weighted by Crippen LogP contribution is 2.44. The largest absolute Gasteiger partial charge is 0.355 e. The quantitative estimate of drug-likeness (QED) is 0.583. The highest BCUT2D eigenvalue weighted by Gasteiger charge is 2.57. The van der Waals surface area contributed by atoms with Crippen LogP contribution in [0.25, 0.3) is 11.1 Å². The smallest absolute Gasteiger partial charge is 0.318 e. The number of nitrogens with zero attached hydrogens (tertiary/aromatic N) is 2. The number of halogens is 1. The van der Waals surface area contributed by atoms with E-state index in [9.17, 15) is 13.2 Å². The van der Waals surface area contributed by atoms with Gasteiger partial charge in [0.25, 0.3) is 0 Å². The molecule has 1 spiro atoms. The van der Waals surface area contributed by atoms with Crippen LogP contribution >= 0.6 is 0 Å². The maximum atomic E-state index is 15.8. The molecule has 0 bridgehead atoms. The topological polar surface area (TPSA) is 79.0 Å². The highest BCUT2D eigenvalue weighted by atomic mass is 32.2. The maximum Gasteiger partial charge on any atom is 0.318 e. The predicted molar refractivity (Wildman–Crippen MR) is 132 cm³/mol. The van der Waals surface area contributed by atoms with Crippen LogP contribution in [-0.2, 0) is 14.8 Å². The molecule has 9 heteroatoms. The van der Waals surface area contributed by atoms with E-state index >= 15 is 4.39 Å². The molecule has 3 aliphatic rings. The second-order valence-electron chi connectivity index (χ2n) is 9.30. The van der Waals surface area contributed by atoms with Crippen molar-refractivity contribution in [1.82, 2.24) is 14.5 Å². The number of fused-ring (bicyclic) bond motifs is 3. The van der Waals surface area contributed by atoms with Gasteiger partial charge in [0.1, 0.15) is 0 Å². The molecule has 2 heterocycles. The van der Waals surface area contributed by atoms with Crippen molar-refractivity contribution in [1.29, 1.82) is 0 Å². The van der Waals surface area contributed by atoms with Crippen LogP contribution in [0.2, 0.25) is 0 Å². The van der Waals surface area contributed by atoms with Crippen molar-refractivity contribution in [2.75, 3.05) is 26.2 Å². The molecule has 6 rings (SSSR count). The van der Waals surface area contributed by atoms with Gasteiger partial charge < -0.3 is 15.0 Å². The van der Waals surface area contributed by atoms with Gasteiger partial charge in [-0.3, -0.25) is 0 Å². The summed E-state index contributed by atoms with van der Waals surface area (Å²) in [5.41, 5.74) is 2.52. The molecule has 2 unspecified atom stereocenters. The third-order valence-corrected chi connectivity index (χ3v) is 9.34. The standard InChI is InChI=1S/C27H26FN3O4S/c28-24-18-30(15-14-27(24)31(16-17-35-27)36(33,34)19-8-2-1-3-9-19)26(32)29-25-22-12-6-4-10-20(22)21-11-5-7-13-23(21)25/h1-13,24-25H,14-18H2,(H,29,32). The van der Waals surface area contributed by atoms with Gasteiger partial charge in [-0.25, -0.2) is 17.6 Å². The molecule has 0 radical (unpaired) electrons. The summed E-state index contributed by atoms with van der Waals surface area (Å²) in [5.74, 6) is 0. The van der Waals surface area contributed by atoms with E-state index < -0.39 is 21.9 Å². The van der Waals surface area contributed by atoms with E-state index in [1.165, 1.54) is 17.0 Å². The SMILES string of the molecule is O=C(NC1c2ccccc2-c2ccccc21)N1CCC2(OCCN2S(=O)(=O)c2ccccc2)C(F)C1. The second kappa shape index (κ2) is 8.69. The number of carbonyl (C=O) groups is 1. The fraction of sp³-hybridized carbons (Fsp3) is 0.296. The zero-order valence-electron chi connectivity index (χ0n) is 19.5. The van der Waals surface area contributed by atoms with Crippen LogP contribution in [0, 0.1) is 0 Å². The number of sulfonamides is 1. The van der Waals surface area contributed by atoms with Crippen molar-refractivity contribution in [3.05, 3.63) is 90.0 Å². The van der Waals surface area contributed by atoms with E-state index in [0.717, 1.165) is 26.6 Å². The van der Waals surface area contributed by atoms with Gasteiger partial charge in [0, 0.05) is 19.5 Å². The van der Waals surface area contributed by atoms with E-state index in [1.807, 2.05) is 48.5 Å². The number of alkyl halides is 1. The van der Waals surface area contributed by atoms with Gasteiger partial charge in [-0.05, 0) is 34.4 Å². The lowest BCUT2D eigenvalue weighted by Crippen LogP contribution is -2.63. The van der Waals surface area contributed by atoms with E-state index in [-0.39, 0.29) is 49.6 Å². The van der Waals surface area contributed by atoms with Crippen molar-refractivity contribution in [3.63, 3.8) is 0 Å². The highest BCUT2D eigenvalue weighted by molar-refractivity contribution is 7.89. The number of hydrogen-bond acceptors (Lipinski definition) is 4. The zero-order chi connectivity index (χ0) is 24.9. The monoisotopic (exact) mass is 507 g/mol. The Kier molecular flexibility index (Phi) is 5.59. The van der Waals surface area contributed by atoms with Crippen LogP contribution in [0.4, 0.5) is 9.18 Å². The molecule has 7 nitrogen and oxygen atoms in total. The molecule has 0 saturated carbocycles. The Bertz CT molecular complexity index is 1370. The Labute approximate surface area is 209 Å². The normalized spacial score (nSPS) is 24.0. The minimum Gasteiger partial charge on any atom is -0.355 e. The number of ether oxygens (including phenoxy) is 1. The third-order valence-electron chi connectivity index (χ3n) is 7.40. The third kappa shape index (κ3) is 3.53. The van der Waals surface area contributed by atoms with Gasteiger partial charge in [0.05, 0.1) is 24.1 Å². The minimum atomic E-state index is -3.95. The van der Waals surface area contributed by atoms with E-state index in [0.29, 0.717) is 0 Å². The first kappa shape index (κ1) is 23.1. The van der Waals surface area contributed by atoms with Crippen LogP contribution in [0.1, 0.15) is 23.6 Å². The van der Waals surface area contributed by atoms with Gasteiger partial charge in [-0.15, -0.1) is 0 Å². The lowest BCUT2D eigenvalue weighted by molar-refractivity contribution is -0.135. The van der Waals surface area contributed by atoms with Crippen LogP contribution in [-0.4, -0.2) is 61.8 Å². The average Bonchev–Trinajstić information content (AvgIpc) is 3.47. The van der Waals surface area contributed by atoms with Gasteiger partial charge >= 0.3 is 6.03 Å². The molecule has 186 valence electrons. The van der Waals surface area contributed by atoms with Gasteiger partial charge in [0.2, 0.25) is 10.0 Å². The molecule has 0 aromatic heterocycles. The fourth-order valence-corrected chi connectivity index (χ4v) is 7.38. The minimum absolute atomic E-state index is 0.0471. The van der Waals surface area contributed by atoms with Crippen LogP contribution in [0.3, 0.4) is 0 Å². The number of nitrogens with one attached hydrogen (secondary N) is 1. The molecule has 2 aliphatic heterocycles. The number of hydrogen-bond donors (Lipinski definition) is 1. The van der Waals surface area contributed by atoms with Crippen molar-refractivity contribution in [3.8, 4) is 11.1 Å². The Morgan fingerprint density at radius 2 is 1.53 bits per heavy atom. The van der Waals surface area contributed by atoms with E-state index in [2.05, 4.69) is 5.32 Å². The number of rotatable bonds is 3. The maximum absolute atomic E-state index is 15.8. The molecule has 36 heavy (non-hydrogen) atoms. The van der Waals surface area contributed by atoms with Crippen LogP contribution in [0.15, 0.2) is 83.8 Å². The lowest BCUT2D eigenvalue weighted by atomic mass is 9.98. The number of piperidine rings is 1. The molecule has 2 fully saturated rings. The van der Waals surface area contributed by atoms with Crippen molar-refractivity contribution in [2.24, 2.45) is 0 Å². The molecule has 2 amide bonds. The molecule has 1 aliphatic carbocycles. The first-order valence-corrected chi connectivity index (χ1v) is 13.5. The summed E-state index contributed by atoms with van der Waals surface area (Å²) in [6.07, 6.45) is -1.65. The number of benzene rings is 3. The lowest BCUT2D eigenvalue weighted by Gasteiger charge is -2.45. The van der Waals surface area contributed by atoms with Crippen molar-refractivity contribution in [2.45, 2.75) is 29.3 Å². The Morgan fingerprint density at radius 3 is 2.17 bits per heavy atom. The summed E-state index contributed by atoms with van der Waals surface area (Å²) in [7, 11) is -3.95. The van der Waals surface area contributed by atoms with Crippen molar-refractivity contribution >= 4 is 16.1 Å². The molecule has 2 saturated heterocycles. The Morgan fingerprint density at radius 1 is 0.917 bits per heavy atom. The van der Waals surface area contributed by atoms with E-state index in [1.54, 1.807) is 18.2 Å². The molecular formula is C27H26FN3O4S. The molecule has 3 aromatic rings. The first-order valence-electron chi connectivity index (χ1n) is 12.0. The Hall–Kier alpha value is -3.27. The van der Waals surface area contributed by atoms with Gasteiger partial charge in [-0.1, -0.05) is 66.7 Å². The number of likely N-dealkylation sites (tertiary alicyclic amines) is 1. The second-order valence-corrected chi connectivity index (χ2v) is 11.2. The summed E-state index contributed by atoms with van der Waals surface area (Å²) >= 11 is 0. The molecule has 2 atom stereocenters. The predicted octanol–water partition coefficient (Wildman–Crippen LogP) is 3.93. The van der Waals surface area contributed by atoms with E-state index in [4.69, 9.17) is 4.74 Å². The van der Waals surface area contributed by atoms with Gasteiger partial charge in [-0.2, -0.15) is 4.31 Å². The zero-order valence-corrected chi connectivity index (χ0v) is 20.3. The molecule has 3 aromatic carbocycles. The van der Waals surface area contributed by atoms with Crippen LogP contribution in [0.5, 0.6) is 0 Å². The Balaban J connectivity index is 1.21. The summed E-state index contributed by atoms with van der Waals surface area (Å²) in [6.45, 7) is 0.0829. The summed E-state index contributed by atoms with van der Waals surface area (Å²) in [6, 6.07) is 23.1. The molecule has 1 N–H and O–H groups in total. The molecular weight excluding hydrogens is 481 g/mol. The summed E-state index contributed by atoms with van der Waals surface area (Å²) in [4.78, 5) is 14.8. The van der Waals surface area contributed by atoms with Gasteiger partial charge in [0.15, 0.2) is 11.9 Å². The van der Waals surface area contributed by atoms with Crippen molar-refractivity contribution < 1.29 is 22.3 Å². The summed E-state index contributed by atoms with van der Waals surface area (Å²) < 4.78 is 49.3. The van der Waals surface area contributed by atoms with Crippen LogP contribution < -0.4 is 5.32 Å². The average molecular weight is 508 g/mol.